The van der Waals surface area contributed by atoms with E-state index in [9.17, 15) is 51.1 Å². The van der Waals surface area contributed by atoms with E-state index < -0.39 is 74.6 Å². The predicted molar refractivity (Wildman–Crippen MR) is 197 cm³/mol. The minimum absolute atomic E-state index is 0.0194. The molecule has 314 valence electrons. The standard InChI is InChI=1S/C40H43F7N4O6S/c1-4-9-29-38(57-25-22-30(58-23-25)40(45,46)47,14-7-18-51(29)33(52)31-26(39(42,43)44)11-6-17-49-31)34(53)50-19-15-37(24-48,16-20-50)27-10-5-12-28(41)32(27)56-21-8-13-36(2,3)35(54)55/h5-6,10-12,17,22-23,29H,4,7-9,13-16,18-21H2,1-3H3,(H,54,55). The van der Waals surface area contributed by atoms with Gasteiger partial charge in [-0.1, -0.05) is 25.5 Å². The van der Waals surface area contributed by atoms with Crippen LogP contribution < -0.4 is 9.47 Å². The number of alkyl halides is 6. The van der Waals surface area contributed by atoms with E-state index >= 15 is 4.39 Å². The van der Waals surface area contributed by atoms with Crippen LogP contribution in [0.5, 0.6) is 11.5 Å². The zero-order valence-corrected chi connectivity index (χ0v) is 32.8. The number of carbonyl (C=O) groups is 3. The molecule has 2 amide bonds. The molecule has 2 aliphatic rings. The predicted octanol–water partition coefficient (Wildman–Crippen LogP) is 8.90. The smallest absolute Gasteiger partial charge is 0.425 e. The number of aliphatic carboxylic acids is 1. The number of carbonyl (C=O) groups excluding carboxylic acids is 2. The number of amides is 2. The minimum Gasteiger partial charge on any atom is -0.490 e. The fourth-order valence-electron chi connectivity index (χ4n) is 7.70. The van der Waals surface area contributed by atoms with Crippen LogP contribution in [0.15, 0.2) is 48.0 Å². The van der Waals surface area contributed by atoms with Crippen LogP contribution >= 0.6 is 11.3 Å². The fraction of sp³-hybridized carbons (Fsp3) is 0.525. The number of nitrogens with zero attached hydrogens (tertiary/aromatic N) is 4. The van der Waals surface area contributed by atoms with E-state index in [1.54, 1.807) is 20.8 Å². The zero-order valence-electron chi connectivity index (χ0n) is 32.0. The number of aromatic nitrogens is 1. The summed E-state index contributed by atoms with van der Waals surface area (Å²) in [7, 11) is 0. The first-order valence-corrected chi connectivity index (χ1v) is 19.6. The van der Waals surface area contributed by atoms with Gasteiger partial charge in [0.2, 0.25) is 5.60 Å². The molecule has 0 spiro atoms. The summed E-state index contributed by atoms with van der Waals surface area (Å²) >= 11 is 0.331. The minimum atomic E-state index is -4.95. The van der Waals surface area contributed by atoms with Gasteiger partial charge in [0.15, 0.2) is 11.6 Å². The van der Waals surface area contributed by atoms with Gasteiger partial charge in [-0.05, 0) is 70.6 Å². The van der Waals surface area contributed by atoms with E-state index in [2.05, 4.69) is 11.1 Å². The molecule has 2 atom stereocenters. The summed E-state index contributed by atoms with van der Waals surface area (Å²) in [5, 5.41) is 21.1. The summed E-state index contributed by atoms with van der Waals surface area (Å²) in [6.45, 7) is 4.43. The second-order valence-corrected chi connectivity index (χ2v) is 16.1. The Labute approximate surface area is 334 Å². The monoisotopic (exact) mass is 840 g/mol. The third-order valence-electron chi connectivity index (χ3n) is 10.9. The first-order chi connectivity index (χ1) is 27.2. The highest BCUT2D eigenvalue weighted by Crippen LogP contribution is 2.45. The number of carboxylic acid groups (broad SMARTS) is 1. The van der Waals surface area contributed by atoms with Crippen LogP contribution in [-0.2, 0) is 27.4 Å². The second kappa shape index (κ2) is 17.1. The van der Waals surface area contributed by atoms with Crippen LogP contribution in [0.3, 0.4) is 0 Å². The highest BCUT2D eigenvalue weighted by molar-refractivity contribution is 7.10. The van der Waals surface area contributed by atoms with Crippen molar-refractivity contribution in [1.29, 1.82) is 5.26 Å². The average Bonchev–Trinajstić information content (AvgIpc) is 3.66. The Hall–Kier alpha value is -4.92. The SMILES string of the molecule is CCCC1N(C(=O)c2ncccc2C(F)(F)F)CCCC1(Oc1csc(C(F)(F)F)c1)C(=O)N1CCC(C#N)(c2cccc(F)c2OCCCC(C)(C)C(=O)O)CC1. The number of likely N-dealkylation sites (tertiary alicyclic amines) is 2. The maximum absolute atomic E-state index is 15.3. The molecule has 1 aromatic carbocycles. The lowest BCUT2D eigenvalue weighted by atomic mass is 9.72. The fourth-order valence-corrected chi connectivity index (χ4v) is 8.38. The third kappa shape index (κ3) is 9.03. The summed E-state index contributed by atoms with van der Waals surface area (Å²) < 4.78 is 111. The molecular weight excluding hydrogens is 798 g/mol. The molecule has 10 nitrogen and oxygen atoms in total. The molecule has 0 aliphatic carbocycles. The van der Waals surface area contributed by atoms with Crippen LogP contribution in [0.1, 0.15) is 98.6 Å². The molecule has 58 heavy (non-hydrogen) atoms. The van der Waals surface area contributed by atoms with Crippen molar-refractivity contribution in [1.82, 2.24) is 14.8 Å². The number of carboxylic acids is 1. The molecule has 0 radical (unpaired) electrons. The number of ether oxygens (including phenoxy) is 2. The lowest BCUT2D eigenvalue weighted by Gasteiger charge is -2.51. The van der Waals surface area contributed by atoms with Gasteiger partial charge in [0, 0.05) is 49.3 Å². The van der Waals surface area contributed by atoms with Gasteiger partial charge in [0.1, 0.15) is 16.3 Å². The van der Waals surface area contributed by atoms with Gasteiger partial charge < -0.3 is 24.4 Å². The average molecular weight is 841 g/mol. The Morgan fingerprint density at radius 3 is 2.34 bits per heavy atom. The van der Waals surface area contributed by atoms with Crippen molar-refractivity contribution in [2.24, 2.45) is 5.41 Å². The number of halogens is 7. The van der Waals surface area contributed by atoms with Gasteiger partial charge >= 0.3 is 18.3 Å². The van der Waals surface area contributed by atoms with E-state index in [-0.39, 0.29) is 88.2 Å². The van der Waals surface area contributed by atoms with Crippen molar-refractivity contribution in [3.05, 3.63) is 75.5 Å². The quantitative estimate of drug-likeness (QED) is 0.133. The van der Waals surface area contributed by atoms with Crippen molar-refractivity contribution in [3.8, 4) is 17.6 Å². The first-order valence-electron chi connectivity index (χ1n) is 18.7. The van der Waals surface area contributed by atoms with Crippen LogP contribution in [0.25, 0.3) is 0 Å². The first kappa shape index (κ1) is 44.2. The lowest BCUT2D eigenvalue weighted by Crippen LogP contribution is -2.68. The van der Waals surface area contributed by atoms with Gasteiger partial charge in [0.25, 0.3) is 11.8 Å². The van der Waals surface area contributed by atoms with E-state index in [0.29, 0.717) is 23.8 Å². The van der Waals surface area contributed by atoms with Gasteiger partial charge in [-0.25, -0.2) is 4.39 Å². The molecule has 0 saturated carbocycles. The third-order valence-corrected chi connectivity index (χ3v) is 11.8. The van der Waals surface area contributed by atoms with Gasteiger partial charge in [0.05, 0.1) is 35.1 Å². The van der Waals surface area contributed by atoms with Crippen molar-refractivity contribution in [2.75, 3.05) is 26.2 Å². The number of nitriles is 1. The number of piperidine rings is 2. The Morgan fingerprint density at radius 1 is 1.03 bits per heavy atom. The number of benzene rings is 1. The van der Waals surface area contributed by atoms with Gasteiger partial charge in [-0.3, -0.25) is 19.4 Å². The van der Waals surface area contributed by atoms with Gasteiger partial charge in [-0.15, -0.1) is 11.3 Å². The number of pyridine rings is 1. The summed E-state index contributed by atoms with van der Waals surface area (Å²) in [4.78, 5) is 45.8. The summed E-state index contributed by atoms with van der Waals surface area (Å²) in [6, 6.07) is 7.60. The van der Waals surface area contributed by atoms with Crippen molar-refractivity contribution >= 4 is 29.1 Å². The van der Waals surface area contributed by atoms with Crippen LogP contribution in [0.2, 0.25) is 0 Å². The molecular formula is C40H43F7N4O6S. The molecule has 5 rings (SSSR count). The number of thiophene rings is 1. The summed E-state index contributed by atoms with van der Waals surface area (Å²) in [5.41, 5.74) is -6.46. The molecule has 2 aromatic heterocycles. The van der Waals surface area contributed by atoms with Crippen molar-refractivity contribution in [2.45, 2.75) is 102 Å². The molecule has 1 N–H and O–H groups in total. The Morgan fingerprint density at radius 2 is 1.74 bits per heavy atom. The normalized spacial score (nSPS) is 20.0. The maximum atomic E-state index is 15.3. The molecule has 2 unspecified atom stereocenters. The number of hydrogen-bond donors (Lipinski definition) is 1. The summed E-state index contributed by atoms with van der Waals surface area (Å²) in [6.07, 6.45) is -8.01. The largest absolute Gasteiger partial charge is 0.490 e. The Bertz CT molecular complexity index is 2020. The number of para-hydroxylation sites is 1. The second-order valence-electron chi connectivity index (χ2n) is 15.2. The Kier molecular flexibility index (Phi) is 13.0. The zero-order chi connectivity index (χ0) is 42.7. The molecule has 3 aromatic rings. The molecule has 2 aliphatic heterocycles. The molecule has 4 heterocycles. The van der Waals surface area contributed by atoms with Crippen molar-refractivity contribution in [3.63, 3.8) is 0 Å². The van der Waals surface area contributed by atoms with E-state index in [0.717, 1.165) is 34.7 Å². The Balaban J connectivity index is 1.48. The topological polar surface area (TPSA) is 133 Å². The van der Waals surface area contributed by atoms with Gasteiger partial charge in [-0.2, -0.15) is 31.6 Å². The van der Waals surface area contributed by atoms with E-state index in [1.165, 1.54) is 17.0 Å². The maximum Gasteiger partial charge on any atom is 0.425 e. The number of hydrogen-bond acceptors (Lipinski definition) is 8. The molecule has 2 saturated heterocycles. The number of rotatable bonds is 13. The summed E-state index contributed by atoms with van der Waals surface area (Å²) in [5.74, 6) is -4.11. The lowest BCUT2D eigenvalue weighted by molar-refractivity contribution is -0.160. The molecule has 2 fully saturated rings. The van der Waals surface area contributed by atoms with E-state index in [1.807, 2.05) is 0 Å². The van der Waals surface area contributed by atoms with Crippen molar-refractivity contribution < 1.29 is 59.7 Å². The van der Waals surface area contributed by atoms with Crippen LogP contribution in [-0.4, -0.2) is 75.6 Å². The van der Waals surface area contributed by atoms with Crippen LogP contribution in [0.4, 0.5) is 30.7 Å². The molecule has 18 heteroatoms. The van der Waals surface area contributed by atoms with E-state index in [4.69, 9.17) is 9.47 Å². The van der Waals surface area contributed by atoms with Crippen LogP contribution in [0, 0.1) is 22.6 Å². The molecule has 0 bridgehead atoms. The highest BCUT2D eigenvalue weighted by Gasteiger charge is 2.57. The highest BCUT2D eigenvalue weighted by atomic mass is 32.1.